The first kappa shape index (κ1) is 45.0. The van der Waals surface area contributed by atoms with Gasteiger partial charge in [0.15, 0.2) is 11.8 Å². The largest absolute Gasteiger partial charge is 0.462 e. The van der Waals surface area contributed by atoms with Crippen molar-refractivity contribution in [1.29, 1.82) is 0 Å². The Morgan fingerprint density at radius 1 is 0.985 bits per heavy atom. The number of likely N-dealkylation sites (tertiary alicyclic amines) is 1. The number of ether oxygens (including phenoxy) is 6. The standard InChI is InChI=1S/C48H57N3O14/c1-45(2,3)62-35(54)19-17-31(25-52)49-41(55)32-15-10-20-50(32)44(58)48-23-33-36-37(64-47(63-36)21-28-12-7-8-13-29(28)22-47)39(48)65-51(38(48)42(56)60-33)24-30-14-9-6-11-27(30)16-18-34(53)61-40-43(57)59-26-46(40,4)5/h6-9,11-14,16,18,31-33,36-40,52H,10,15,17,19-26H2,1-5H3,(H,49,55)/t31-,32+,33+,36-,37-,38-,39+,40-,48-/m0/s1. The molecule has 0 radical (unpaired) electrons. The fourth-order valence-corrected chi connectivity index (χ4v) is 10.7. The topological polar surface area (TPSA) is 206 Å². The van der Waals surface area contributed by atoms with Gasteiger partial charge in [-0.3, -0.25) is 24.0 Å². The number of hydrogen-bond donors (Lipinski definition) is 2. The number of benzene rings is 2. The minimum absolute atomic E-state index is 0.0257. The fraction of sp³-hybridized carbons (Fsp3) is 0.583. The predicted octanol–water partition coefficient (Wildman–Crippen LogP) is 2.86. The number of carbonyl (C=O) groups excluding carboxylic acids is 6. The first-order valence-electron chi connectivity index (χ1n) is 22.5. The van der Waals surface area contributed by atoms with E-state index in [0.717, 1.165) is 11.1 Å². The van der Waals surface area contributed by atoms with Crippen molar-refractivity contribution in [3.8, 4) is 0 Å². The summed E-state index contributed by atoms with van der Waals surface area (Å²) in [6.07, 6.45) is 0.103. The lowest BCUT2D eigenvalue weighted by atomic mass is 9.62. The molecule has 7 aliphatic rings. The summed E-state index contributed by atoms with van der Waals surface area (Å²) >= 11 is 0. The number of amides is 2. The van der Waals surface area contributed by atoms with E-state index in [4.69, 9.17) is 33.3 Å². The van der Waals surface area contributed by atoms with Gasteiger partial charge in [0.2, 0.25) is 17.9 Å². The molecule has 0 aromatic heterocycles. The van der Waals surface area contributed by atoms with Crippen LogP contribution in [0.2, 0.25) is 0 Å². The summed E-state index contributed by atoms with van der Waals surface area (Å²) in [6.45, 7) is 8.72. The molecule has 9 atom stereocenters. The van der Waals surface area contributed by atoms with Crippen LogP contribution in [0.4, 0.5) is 0 Å². The normalized spacial score (nSPS) is 31.0. The van der Waals surface area contributed by atoms with Gasteiger partial charge in [0.05, 0.1) is 19.2 Å². The summed E-state index contributed by atoms with van der Waals surface area (Å²) < 4.78 is 36.0. The molecule has 2 aromatic rings. The van der Waals surface area contributed by atoms with Crippen molar-refractivity contribution < 1.29 is 67.1 Å². The molecule has 5 saturated heterocycles. The summed E-state index contributed by atoms with van der Waals surface area (Å²) in [6, 6.07) is 12.2. The number of hydroxylamine groups is 2. The second kappa shape index (κ2) is 16.9. The van der Waals surface area contributed by atoms with Crippen LogP contribution in [-0.2, 0) is 81.4 Å². The highest BCUT2D eigenvalue weighted by atomic mass is 16.8. The molecule has 1 spiro atoms. The van der Waals surface area contributed by atoms with Gasteiger partial charge in [-0.1, -0.05) is 62.4 Å². The average molecular weight is 900 g/mol. The Bertz CT molecular complexity index is 2260. The SMILES string of the molecule is CC(C)(C)OC(=O)CC[C@@H](CO)NC(=O)[C@H]1CCCN1C(=O)[C@@]12C[C@H]3OC(=O)[C@@H]1N(Cc1ccccc1C=CC(=O)O[C@H]1C(=O)OCC1(C)C)O[C@@H]2[C@H]1OC2(Cc4ccccc4C2)O[C@H]13. The first-order valence-corrected chi connectivity index (χ1v) is 22.5. The maximum atomic E-state index is 15.6. The molecule has 2 aromatic carbocycles. The molecule has 5 heterocycles. The molecule has 65 heavy (non-hydrogen) atoms. The van der Waals surface area contributed by atoms with E-state index >= 15 is 4.79 Å². The fourth-order valence-electron chi connectivity index (χ4n) is 10.7. The van der Waals surface area contributed by atoms with Crippen LogP contribution in [0.5, 0.6) is 0 Å². The maximum absolute atomic E-state index is 15.6. The second-order valence-electron chi connectivity index (χ2n) is 20.0. The number of rotatable bonds is 12. The van der Waals surface area contributed by atoms with E-state index in [2.05, 4.69) is 5.32 Å². The van der Waals surface area contributed by atoms with Crippen LogP contribution in [0.15, 0.2) is 54.6 Å². The highest BCUT2D eigenvalue weighted by molar-refractivity contribution is 5.97. The maximum Gasteiger partial charge on any atom is 0.348 e. The van der Waals surface area contributed by atoms with E-state index in [-0.39, 0.29) is 39.0 Å². The van der Waals surface area contributed by atoms with Gasteiger partial charge >= 0.3 is 23.9 Å². The van der Waals surface area contributed by atoms with Crippen LogP contribution in [0.25, 0.3) is 6.08 Å². The van der Waals surface area contributed by atoms with Crippen molar-refractivity contribution in [2.24, 2.45) is 10.8 Å². The molecule has 17 nitrogen and oxygen atoms in total. The minimum Gasteiger partial charge on any atom is -0.462 e. The van der Waals surface area contributed by atoms with E-state index in [1.807, 2.05) is 30.3 Å². The van der Waals surface area contributed by atoms with Crippen LogP contribution in [0, 0.1) is 10.8 Å². The van der Waals surface area contributed by atoms with Gasteiger partial charge < -0.3 is 43.7 Å². The molecule has 9 rings (SSSR count). The zero-order chi connectivity index (χ0) is 46.1. The molecule has 5 aliphatic heterocycles. The lowest BCUT2D eigenvalue weighted by Crippen LogP contribution is -2.70. The van der Waals surface area contributed by atoms with Crippen molar-refractivity contribution in [3.63, 3.8) is 0 Å². The van der Waals surface area contributed by atoms with Crippen molar-refractivity contribution in [1.82, 2.24) is 15.3 Å². The molecule has 2 amide bonds. The quantitative estimate of drug-likeness (QED) is 0.179. The molecular weight excluding hydrogens is 843 g/mol. The monoisotopic (exact) mass is 899 g/mol. The number of aliphatic hydroxyl groups is 1. The minimum atomic E-state index is -1.57. The van der Waals surface area contributed by atoms with Gasteiger partial charge in [0.1, 0.15) is 48.1 Å². The zero-order valence-corrected chi connectivity index (χ0v) is 37.3. The van der Waals surface area contributed by atoms with E-state index in [1.165, 1.54) is 16.0 Å². The summed E-state index contributed by atoms with van der Waals surface area (Å²) in [4.78, 5) is 90.4. The number of esters is 4. The van der Waals surface area contributed by atoms with Gasteiger partial charge in [0, 0.05) is 43.7 Å². The second-order valence-corrected chi connectivity index (χ2v) is 20.0. The van der Waals surface area contributed by atoms with Gasteiger partial charge in [-0.25, -0.2) is 9.59 Å². The van der Waals surface area contributed by atoms with Gasteiger partial charge in [-0.15, -0.1) is 0 Å². The highest BCUT2D eigenvalue weighted by Crippen LogP contribution is 2.59. The van der Waals surface area contributed by atoms with Gasteiger partial charge in [-0.05, 0) is 68.4 Å². The summed E-state index contributed by atoms with van der Waals surface area (Å²) in [5.41, 5.74) is 0.403. The van der Waals surface area contributed by atoms with Gasteiger partial charge in [0.25, 0.3) is 0 Å². The molecule has 2 aliphatic carbocycles. The summed E-state index contributed by atoms with van der Waals surface area (Å²) in [5, 5.41) is 14.5. The molecule has 2 N–H and O–H groups in total. The first-order chi connectivity index (χ1) is 30.9. The lowest BCUT2D eigenvalue weighted by Gasteiger charge is -2.50. The van der Waals surface area contributed by atoms with E-state index in [0.29, 0.717) is 36.8 Å². The van der Waals surface area contributed by atoms with Crippen molar-refractivity contribution in [2.45, 2.75) is 146 Å². The van der Waals surface area contributed by atoms with Crippen molar-refractivity contribution >= 4 is 41.8 Å². The van der Waals surface area contributed by atoms with Crippen LogP contribution in [0.1, 0.15) is 89.0 Å². The molecule has 1 saturated carbocycles. The van der Waals surface area contributed by atoms with Gasteiger partial charge in [-0.2, -0.15) is 5.06 Å². The third-order valence-electron chi connectivity index (χ3n) is 13.7. The predicted molar refractivity (Wildman–Crippen MR) is 226 cm³/mol. The van der Waals surface area contributed by atoms with Crippen molar-refractivity contribution in [2.75, 3.05) is 19.8 Å². The third-order valence-corrected chi connectivity index (χ3v) is 13.7. The van der Waals surface area contributed by atoms with E-state index in [1.54, 1.807) is 58.9 Å². The number of cyclic esters (lactones) is 1. The summed E-state index contributed by atoms with van der Waals surface area (Å²) in [5.74, 6) is -4.51. The number of fused-ring (bicyclic) bond motifs is 5. The summed E-state index contributed by atoms with van der Waals surface area (Å²) in [7, 11) is 0. The average Bonchev–Trinajstić information content (AvgIpc) is 4.08. The molecule has 6 fully saturated rings. The Labute approximate surface area is 376 Å². The van der Waals surface area contributed by atoms with E-state index in [9.17, 15) is 29.1 Å². The molecule has 0 unspecified atom stereocenters. The molecule has 2 bridgehead atoms. The van der Waals surface area contributed by atoms with Crippen LogP contribution in [-0.4, -0.2) is 131 Å². The Morgan fingerprint density at radius 2 is 1.69 bits per heavy atom. The van der Waals surface area contributed by atoms with Crippen LogP contribution in [0.3, 0.4) is 0 Å². The molecule has 17 heteroatoms. The number of hydrogen-bond acceptors (Lipinski definition) is 15. The molecular formula is C48H57N3O14. The number of carbonyl (C=O) groups is 6. The van der Waals surface area contributed by atoms with E-state index < -0.39 is 113 Å². The van der Waals surface area contributed by atoms with Crippen LogP contribution >= 0.6 is 0 Å². The Hall–Kier alpha value is -5.20. The lowest BCUT2D eigenvalue weighted by molar-refractivity contribution is -0.218. The number of nitrogens with zero attached hydrogens (tertiary/aromatic N) is 2. The molecule has 348 valence electrons. The van der Waals surface area contributed by atoms with Crippen molar-refractivity contribution in [3.05, 3.63) is 76.9 Å². The Morgan fingerprint density at radius 3 is 2.38 bits per heavy atom. The third kappa shape index (κ3) is 8.34. The van der Waals surface area contributed by atoms with Crippen LogP contribution < -0.4 is 5.32 Å². The number of nitrogens with one attached hydrogen (secondary N) is 1. The highest BCUT2D eigenvalue weighted by Gasteiger charge is 2.77. The zero-order valence-electron chi connectivity index (χ0n) is 37.3. The smallest absolute Gasteiger partial charge is 0.348 e. The Kier molecular flexibility index (Phi) is 11.7. The Balaban J connectivity index is 1.00. The number of aliphatic hydroxyl groups excluding tert-OH is 1.